The summed E-state index contributed by atoms with van der Waals surface area (Å²) >= 11 is 0. The number of methoxy groups -OCH3 is 1. The van der Waals surface area contributed by atoms with Crippen LogP contribution in [0.4, 0.5) is 0 Å². The average molecular weight is 358 g/mol. The van der Waals surface area contributed by atoms with E-state index in [2.05, 4.69) is 17.4 Å². The Morgan fingerprint density at radius 1 is 1.23 bits per heavy atom. The highest BCUT2D eigenvalue weighted by Gasteiger charge is 2.34. The average Bonchev–Trinajstić information content (AvgIpc) is 3.50. The van der Waals surface area contributed by atoms with Crippen LogP contribution in [0.1, 0.15) is 55.6 Å². The normalized spacial score (nSPS) is 18.3. The first-order valence-corrected chi connectivity index (χ1v) is 9.77. The SMILES string of the molecule is COc1ccc(C(CC(=O)NCC(=O)N2CCCCC2)C2CC2)cc1C. The van der Waals surface area contributed by atoms with Crippen molar-refractivity contribution in [1.29, 1.82) is 0 Å². The topological polar surface area (TPSA) is 58.6 Å². The Kier molecular flexibility index (Phi) is 6.17. The summed E-state index contributed by atoms with van der Waals surface area (Å²) in [7, 11) is 1.67. The molecule has 142 valence electrons. The lowest BCUT2D eigenvalue weighted by Gasteiger charge is -2.27. The van der Waals surface area contributed by atoms with Gasteiger partial charge in [0.2, 0.25) is 11.8 Å². The Hall–Kier alpha value is -2.04. The monoisotopic (exact) mass is 358 g/mol. The molecule has 1 N–H and O–H groups in total. The van der Waals surface area contributed by atoms with Gasteiger partial charge in [0, 0.05) is 19.5 Å². The number of aryl methyl sites for hydroxylation is 1. The van der Waals surface area contributed by atoms with Gasteiger partial charge >= 0.3 is 0 Å². The number of hydrogen-bond acceptors (Lipinski definition) is 3. The first-order valence-electron chi connectivity index (χ1n) is 9.77. The van der Waals surface area contributed by atoms with Crippen molar-refractivity contribution in [2.45, 2.75) is 51.4 Å². The van der Waals surface area contributed by atoms with Gasteiger partial charge in [0.05, 0.1) is 13.7 Å². The Bertz CT molecular complexity index is 649. The zero-order chi connectivity index (χ0) is 18.5. The first-order chi connectivity index (χ1) is 12.6. The highest BCUT2D eigenvalue weighted by atomic mass is 16.5. The van der Waals surface area contributed by atoms with Crippen molar-refractivity contribution in [3.8, 4) is 5.75 Å². The number of rotatable bonds is 7. The summed E-state index contributed by atoms with van der Waals surface area (Å²) in [4.78, 5) is 26.5. The molecule has 26 heavy (non-hydrogen) atoms. The summed E-state index contributed by atoms with van der Waals surface area (Å²) in [6.07, 6.45) is 6.14. The molecule has 3 rings (SSSR count). The van der Waals surface area contributed by atoms with E-state index < -0.39 is 0 Å². The summed E-state index contributed by atoms with van der Waals surface area (Å²) in [5, 5.41) is 2.84. The fraction of sp³-hybridized carbons (Fsp3) is 0.619. The molecule has 1 aliphatic carbocycles. The molecule has 2 fully saturated rings. The molecule has 2 amide bonds. The van der Waals surface area contributed by atoms with Crippen LogP contribution in [-0.2, 0) is 9.59 Å². The minimum atomic E-state index is -0.0271. The lowest BCUT2D eigenvalue weighted by Crippen LogP contribution is -2.42. The van der Waals surface area contributed by atoms with Gasteiger partial charge in [-0.2, -0.15) is 0 Å². The van der Waals surface area contributed by atoms with Crippen LogP contribution in [0.2, 0.25) is 0 Å². The molecule has 1 atom stereocenters. The maximum Gasteiger partial charge on any atom is 0.241 e. The van der Waals surface area contributed by atoms with Gasteiger partial charge in [0.25, 0.3) is 0 Å². The summed E-state index contributed by atoms with van der Waals surface area (Å²) in [6.45, 7) is 3.80. The quantitative estimate of drug-likeness (QED) is 0.815. The molecular weight excluding hydrogens is 328 g/mol. The Balaban J connectivity index is 1.55. The molecule has 2 aliphatic rings. The lowest BCUT2D eigenvalue weighted by molar-refractivity contribution is -0.133. The van der Waals surface area contributed by atoms with E-state index in [1.807, 2.05) is 17.9 Å². The molecule has 1 aromatic carbocycles. The van der Waals surface area contributed by atoms with Crippen LogP contribution < -0.4 is 10.1 Å². The highest BCUT2D eigenvalue weighted by Crippen LogP contribution is 2.45. The van der Waals surface area contributed by atoms with E-state index in [0.717, 1.165) is 37.2 Å². The van der Waals surface area contributed by atoms with Gasteiger partial charge in [0.15, 0.2) is 0 Å². The van der Waals surface area contributed by atoms with Crippen molar-refractivity contribution >= 4 is 11.8 Å². The minimum absolute atomic E-state index is 0.0271. The number of benzene rings is 1. The van der Waals surface area contributed by atoms with Crippen molar-refractivity contribution in [2.24, 2.45) is 5.92 Å². The highest BCUT2D eigenvalue weighted by molar-refractivity contribution is 5.85. The van der Waals surface area contributed by atoms with Gasteiger partial charge in [-0.3, -0.25) is 9.59 Å². The zero-order valence-electron chi connectivity index (χ0n) is 15.9. The summed E-state index contributed by atoms with van der Waals surface area (Å²) in [5.74, 6) is 1.69. The van der Waals surface area contributed by atoms with Crippen LogP contribution in [-0.4, -0.2) is 43.5 Å². The molecule has 5 heteroatoms. The third-order valence-corrected chi connectivity index (χ3v) is 5.59. The van der Waals surface area contributed by atoms with Crippen molar-refractivity contribution in [2.75, 3.05) is 26.7 Å². The predicted molar refractivity (Wildman–Crippen MR) is 101 cm³/mol. The second-order valence-electron chi connectivity index (χ2n) is 7.60. The second kappa shape index (κ2) is 8.56. The van der Waals surface area contributed by atoms with Gasteiger partial charge in [-0.15, -0.1) is 0 Å². The summed E-state index contributed by atoms with van der Waals surface area (Å²) in [5.41, 5.74) is 2.29. The minimum Gasteiger partial charge on any atom is -0.496 e. The van der Waals surface area contributed by atoms with Gasteiger partial charge in [-0.1, -0.05) is 12.1 Å². The van der Waals surface area contributed by atoms with Crippen LogP contribution in [0.3, 0.4) is 0 Å². The molecule has 1 unspecified atom stereocenters. The Morgan fingerprint density at radius 2 is 1.96 bits per heavy atom. The van der Waals surface area contributed by atoms with E-state index in [1.54, 1.807) is 7.11 Å². The van der Waals surface area contributed by atoms with Gasteiger partial charge in [-0.25, -0.2) is 0 Å². The molecular formula is C21H30N2O3. The van der Waals surface area contributed by atoms with E-state index in [-0.39, 0.29) is 24.3 Å². The molecule has 0 radical (unpaired) electrons. The number of likely N-dealkylation sites (tertiary alicyclic amines) is 1. The molecule has 1 aromatic rings. The largest absolute Gasteiger partial charge is 0.496 e. The van der Waals surface area contributed by atoms with Crippen molar-refractivity contribution in [3.63, 3.8) is 0 Å². The lowest BCUT2D eigenvalue weighted by atomic mass is 9.89. The standard InChI is InChI=1S/C21H30N2O3/c1-15-12-17(8-9-19(15)26-2)18(16-6-7-16)13-20(24)22-14-21(25)23-10-4-3-5-11-23/h8-9,12,16,18H,3-7,10-11,13-14H2,1-2H3,(H,22,24). The predicted octanol–water partition coefficient (Wildman–Crippen LogP) is 3.02. The number of carbonyl (C=O) groups excluding carboxylic acids is 2. The number of ether oxygens (including phenoxy) is 1. The van der Waals surface area contributed by atoms with Crippen LogP contribution in [0.5, 0.6) is 5.75 Å². The zero-order valence-corrected chi connectivity index (χ0v) is 15.9. The second-order valence-corrected chi connectivity index (χ2v) is 7.60. The number of piperidine rings is 1. The molecule has 1 heterocycles. The fourth-order valence-electron chi connectivity index (χ4n) is 3.89. The maximum absolute atomic E-state index is 12.4. The van der Waals surface area contributed by atoms with Crippen LogP contribution in [0, 0.1) is 12.8 Å². The summed E-state index contributed by atoms with van der Waals surface area (Å²) < 4.78 is 5.34. The summed E-state index contributed by atoms with van der Waals surface area (Å²) in [6, 6.07) is 6.19. The first kappa shape index (κ1) is 18.7. The van der Waals surface area contributed by atoms with E-state index >= 15 is 0 Å². The van der Waals surface area contributed by atoms with Crippen molar-refractivity contribution in [1.82, 2.24) is 10.2 Å². The molecule has 1 aliphatic heterocycles. The number of hydrogen-bond donors (Lipinski definition) is 1. The molecule has 0 spiro atoms. The third kappa shape index (κ3) is 4.77. The van der Waals surface area contributed by atoms with Crippen LogP contribution >= 0.6 is 0 Å². The Morgan fingerprint density at radius 3 is 2.58 bits per heavy atom. The molecule has 1 saturated carbocycles. The van der Waals surface area contributed by atoms with E-state index in [4.69, 9.17) is 4.74 Å². The van der Waals surface area contributed by atoms with Crippen molar-refractivity contribution < 1.29 is 14.3 Å². The third-order valence-electron chi connectivity index (χ3n) is 5.59. The number of carbonyl (C=O) groups is 2. The fourth-order valence-corrected chi connectivity index (χ4v) is 3.89. The molecule has 0 aromatic heterocycles. The van der Waals surface area contributed by atoms with Gasteiger partial charge in [-0.05, 0) is 68.1 Å². The van der Waals surface area contributed by atoms with E-state index in [0.29, 0.717) is 12.3 Å². The van der Waals surface area contributed by atoms with E-state index in [9.17, 15) is 9.59 Å². The molecule has 1 saturated heterocycles. The van der Waals surface area contributed by atoms with E-state index in [1.165, 1.54) is 24.8 Å². The van der Waals surface area contributed by atoms with Crippen molar-refractivity contribution in [3.05, 3.63) is 29.3 Å². The number of amides is 2. The molecule has 0 bridgehead atoms. The number of nitrogens with zero attached hydrogens (tertiary/aromatic N) is 1. The van der Waals surface area contributed by atoms with Gasteiger partial charge < -0.3 is 15.0 Å². The Labute approximate surface area is 156 Å². The van der Waals surface area contributed by atoms with Gasteiger partial charge in [0.1, 0.15) is 5.75 Å². The molecule has 5 nitrogen and oxygen atoms in total. The van der Waals surface area contributed by atoms with Crippen LogP contribution in [0.25, 0.3) is 0 Å². The maximum atomic E-state index is 12.4. The van der Waals surface area contributed by atoms with Crippen LogP contribution in [0.15, 0.2) is 18.2 Å². The smallest absolute Gasteiger partial charge is 0.241 e. The number of nitrogens with one attached hydrogen (secondary N) is 1.